The molecule has 0 amide bonds. The van der Waals surface area contributed by atoms with E-state index in [9.17, 15) is 8.42 Å². The number of nitrogen functional groups attached to an aromatic ring is 1. The van der Waals surface area contributed by atoms with E-state index in [2.05, 4.69) is 0 Å². The third kappa shape index (κ3) is 3.28. The van der Waals surface area contributed by atoms with Gasteiger partial charge in [-0.15, -0.1) is 0 Å². The van der Waals surface area contributed by atoms with Crippen LogP contribution in [0.15, 0.2) is 53.4 Å². The van der Waals surface area contributed by atoms with E-state index < -0.39 is 10.0 Å². The second-order valence-corrected chi connectivity index (χ2v) is 5.95. The number of hydrogen-bond donors (Lipinski definition) is 2. The van der Waals surface area contributed by atoms with Crippen LogP contribution in [0.25, 0.3) is 0 Å². The first-order valence-electron chi connectivity index (χ1n) is 6.02. The summed E-state index contributed by atoms with van der Waals surface area (Å²) < 4.78 is 28.8. The van der Waals surface area contributed by atoms with E-state index in [1.54, 1.807) is 6.07 Å². The summed E-state index contributed by atoms with van der Waals surface area (Å²) in [5.41, 5.74) is 6.84. The zero-order valence-electron chi connectivity index (χ0n) is 11.0. The number of ether oxygens (including phenoxy) is 1. The van der Waals surface area contributed by atoms with Crippen molar-refractivity contribution in [3.8, 4) is 5.75 Å². The third-order valence-corrected chi connectivity index (χ3v) is 3.78. The Bertz CT molecular complexity index is 700. The summed E-state index contributed by atoms with van der Waals surface area (Å²) >= 11 is 0. The maximum Gasteiger partial charge on any atom is 0.241 e. The number of hydrogen-bond acceptors (Lipinski definition) is 4. The Morgan fingerprint density at radius 1 is 1.10 bits per heavy atom. The molecule has 106 valence electrons. The van der Waals surface area contributed by atoms with Crippen LogP contribution in [0.4, 0.5) is 5.69 Å². The Morgan fingerprint density at radius 2 is 1.75 bits per heavy atom. The largest absolute Gasteiger partial charge is 0.485 e. The van der Waals surface area contributed by atoms with Gasteiger partial charge in [0.05, 0.1) is 0 Å². The van der Waals surface area contributed by atoms with E-state index in [0.717, 1.165) is 5.56 Å². The minimum atomic E-state index is -3.89. The summed E-state index contributed by atoms with van der Waals surface area (Å²) in [6.07, 6.45) is -0.305. The Hall–Kier alpha value is -2.05. The molecule has 0 spiro atoms. The summed E-state index contributed by atoms with van der Waals surface area (Å²) in [4.78, 5) is -0.111. The van der Waals surface area contributed by atoms with Crippen LogP contribution < -0.4 is 15.6 Å². The van der Waals surface area contributed by atoms with E-state index >= 15 is 0 Å². The number of sulfonamides is 1. The number of nitrogens with two attached hydrogens (primary N) is 2. The van der Waals surface area contributed by atoms with Gasteiger partial charge in [-0.2, -0.15) is 0 Å². The number of benzene rings is 2. The van der Waals surface area contributed by atoms with Gasteiger partial charge >= 0.3 is 0 Å². The van der Waals surface area contributed by atoms with E-state index in [4.69, 9.17) is 15.6 Å². The molecule has 0 fully saturated rings. The van der Waals surface area contributed by atoms with Gasteiger partial charge in [0.1, 0.15) is 16.7 Å². The number of rotatable bonds is 4. The zero-order chi connectivity index (χ0) is 14.8. The van der Waals surface area contributed by atoms with Gasteiger partial charge in [-0.05, 0) is 30.7 Å². The lowest BCUT2D eigenvalue weighted by molar-refractivity contribution is 0.221. The molecule has 5 nitrogen and oxygen atoms in total. The van der Waals surface area contributed by atoms with Crippen molar-refractivity contribution in [3.63, 3.8) is 0 Å². The molecule has 2 rings (SSSR count). The molecule has 0 bridgehead atoms. The van der Waals surface area contributed by atoms with E-state index in [-0.39, 0.29) is 16.7 Å². The lowest BCUT2D eigenvalue weighted by atomic mass is 10.1. The zero-order valence-corrected chi connectivity index (χ0v) is 11.8. The molecule has 0 aliphatic carbocycles. The number of primary sulfonamides is 1. The van der Waals surface area contributed by atoms with Gasteiger partial charge < -0.3 is 10.5 Å². The SMILES string of the molecule is CC(Oc1ccc(N)cc1S(N)(=O)=O)c1ccccc1. The van der Waals surface area contributed by atoms with Crippen LogP contribution in [0.2, 0.25) is 0 Å². The quantitative estimate of drug-likeness (QED) is 0.843. The molecule has 0 radical (unpaired) electrons. The van der Waals surface area contributed by atoms with Crippen LogP contribution in [-0.2, 0) is 10.0 Å². The topological polar surface area (TPSA) is 95.4 Å². The molecule has 20 heavy (non-hydrogen) atoms. The highest BCUT2D eigenvalue weighted by Crippen LogP contribution is 2.29. The van der Waals surface area contributed by atoms with Crippen LogP contribution in [0.5, 0.6) is 5.75 Å². The highest BCUT2D eigenvalue weighted by Gasteiger charge is 2.18. The first-order valence-corrected chi connectivity index (χ1v) is 7.56. The van der Waals surface area contributed by atoms with Gasteiger partial charge in [-0.25, -0.2) is 13.6 Å². The normalized spacial score (nSPS) is 12.9. The number of anilines is 1. The first kappa shape index (κ1) is 14.4. The van der Waals surface area contributed by atoms with Crippen LogP contribution in [0, 0.1) is 0 Å². The molecule has 1 atom stereocenters. The molecule has 0 aromatic heterocycles. The molecule has 2 aromatic rings. The van der Waals surface area contributed by atoms with Gasteiger partial charge in [0.2, 0.25) is 10.0 Å². The minimum absolute atomic E-state index is 0.111. The summed E-state index contributed by atoms with van der Waals surface area (Å²) in [6, 6.07) is 13.8. The van der Waals surface area contributed by atoms with E-state index in [1.807, 2.05) is 37.3 Å². The van der Waals surface area contributed by atoms with Crippen molar-refractivity contribution in [1.82, 2.24) is 0 Å². The molecule has 0 aliphatic heterocycles. The Morgan fingerprint density at radius 3 is 2.35 bits per heavy atom. The van der Waals surface area contributed by atoms with Crippen molar-refractivity contribution in [1.29, 1.82) is 0 Å². The van der Waals surface area contributed by atoms with Gasteiger partial charge in [0.15, 0.2) is 0 Å². The standard InChI is InChI=1S/C14H16N2O3S/c1-10(11-5-3-2-4-6-11)19-13-8-7-12(15)9-14(13)20(16,17)18/h2-10H,15H2,1H3,(H2,16,17,18). The second kappa shape index (κ2) is 5.52. The van der Waals surface area contributed by atoms with Crippen molar-refractivity contribution < 1.29 is 13.2 Å². The fourth-order valence-corrected chi connectivity index (χ4v) is 2.52. The average molecular weight is 292 g/mol. The van der Waals surface area contributed by atoms with Gasteiger partial charge in [0.25, 0.3) is 0 Å². The van der Waals surface area contributed by atoms with Gasteiger partial charge in [-0.1, -0.05) is 30.3 Å². The molecule has 6 heteroatoms. The Balaban J connectivity index is 2.35. The lowest BCUT2D eigenvalue weighted by Crippen LogP contribution is -2.15. The predicted octanol–water partition coefficient (Wildman–Crippen LogP) is 2.06. The molecular weight excluding hydrogens is 276 g/mol. The van der Waals surface area contributed by atoms with E-state index in [0.29, 0.717) is 5.69 Å². The fraction of sp³-hybridized carbons (Fsp3) is 0.143. The molecule has 0 aliphatic rings. The third-order valence-electron chi connectivity index (χ3n) is 2.85. The molecule has 0 saturated heterocycles. The van der Waals surface area contributed by atoms with Crippen LogP contribution >= 0.6 is 0 Å². The predicted molar refractivity (Wildman–Crippen MR) is 77.7 cm³/mol. The van der Waals surface area contributed by atoms with Gasteiger partial charge in [-0.3, -0.25) is 0 Å². The molecule has 4 N–H and O–H groups in total. The Labute approximate surface area is 118 Å². The maximum atomic E-state index is 11.6. The maximum absolute atomic E-state index is 11.6. The average Bonchev–Trinajstić information content (AvgIpc) is 2.40. The Kier molecular flexibility index (Phi) is 3.96. The minimum Gasteiger partial charge on any atom is -0.485 e. The highest BCUT2D eigenvalue weighted by molar-refractivity contribution is 7.89. The summed E-state index contributed by atoms with van der Waals surface area (Å²) in [5.74, 6) is 0.193. The lowest BCUT2D eigenvalue weighted by Gasteiger charge is -2.17. The molecule has 2 aromatic carbocycles. The fourth-order valence-electron chi connectivity index (χ4n) is 1.83. The molecule has 1 unspecified atom stereocenters. The van der Waals surface area contributed by atoms with Crippen LogP contribution in [0.1, 0.15) is 18.6 Å². The van der Waals surface area contributed by atoms with Gasteiger partial charge in [0, 0.05) is 5.69 Å². The summed E-state index contributed by atoms with van der Waals surface area (Å²) in [6.45, 7) is 1.83. The van der Waals surface area contributed by atoms with Crippen molar-refractivity contribution in [2.24, 2.45) is 5.14 Å². The van der Waals surface area contributed by atoms with Crippen molar-refractivity contribution in [2.75, 3.05) is 5.73 Å². The van der Waals surface area contributed by atoms with Crippen molar-refractivity contribution in [2.45, 2.75) is 17.9 Å². The van der Waals surface area contributed by atoms with Crippen molar-refractivity contribution in [3.05, 3.63) is 54.1 Å². The molecule has 0 heterocycles. The summed E-state index contributed by atoms with van der Waals surface area (Å²) in [5, 5.41) is 5.18. The summed E-state index contributed by atoms with van der Waals surface area (Å²) in [7, 11) is -3.89. The molecule has 0 saturated carbocycles. The van der Waals surface area contributed by atoms with E-state index in [1.165, 1.54) is 12.1 Å². The smallest absolute Gasteiger partial charge is 0.241 e. The molecular formula is C14H16N2O3S. The second-order valence-electron chi connectivity index (χ2n) is 4.42. The monoisotopic (exact) mass is 292 g/mol. The highest BCUT2D eigenvalue weighted by atomic mass is 32.2. The van der Waals surface area contributed by atoms with Crippen LogP contribution in [0.3, 0.4) is 0 Å². The first-order chi connectivity index (χ1) is 9.38. The van der Waals surface area contributed by atoms with Crippen LogP contribution in [-0.4, -0.2) is 8.42 Å². The van der Waals surface area contributed by atoms with Crippen molar-refractivity contribution >= 4 is 15.7 Å².